The van der Waals surface area contributed by atoms with E-state index in [2.05, 4.69) is 0 Å². The molecule has 1 saturated heterocycles. The molecule has 34 heavy (non-hydrogen) atoms. The molecule has 1 N–H and O–H groups in total. The van der Waals surface area contributed by atoms with E-state index in [1.165, 1.54) is 4.90 Å². The first kappa shape index (κ1) is 21.9. The van der Waals surface area contributed by atoms with Crippen molar-refractivity contribution >= 4 is 34.7 Å². The van der Waals surface area contributed by atoms with Crippen LogP contribution in [0.2, 0.25) is 5.02 Å². The summed E-state index contributed by atoms with van der Waals surface area (Å²) in [5.74, 6) is -0.258. The van der Waals surface area contributed by atoms with Gasteiger partial charge in [0.1, 0.15) is 11.5 Å². The number of rotatable bonds is 4. The van der Waals surface area contributed by atoms with Crippen molar-refractivity contribution in [2.45, 2.75) is 13.0 Å². The summed E-state index contributed by atoms with van der Waals surface area (Å²) in [5, 5.41) is 11.7. The lowest BCUT2D eigenvalue weighted by Crippen LogP contribution is -2.29. The van der Waals surface area contributed by atoms with Crippen molar-refractivity contribution in [1.29, 1.82) is 0 Å². The van der Waals surface area contributed by atoms with Crippen LogP contribution in [0.4, 0.5) is 5.69 Å². The SMILES string of the molecule is COc1ccc(C2/C(=C(/O)c3ccc4c(c3)OCO4)C(=O)C(=O)N2c2ccc(C)c(Cl)c2)cc1. The van der Waals surface area contributed by atoms with Crippen LogP contribution < -0.4 is 19.1 Å². The number of aliphatic hydroxyl groups is 1. The summed E-state index contributed by atoms with van der Waals surface area (Å²) in [6, 6.07) is 16.1. The Morgan fingerprint density at radius 1 is 1.03 bits per heavy atom. The zero-order valence-corrected chi connectivity index (χ0v) is 19.1. The monoisotopic (exact) mass is 477 g/mol. The van der Waals surface area contributed by atoms with Crippen molar-refractivity contribution in [3.8, 4) is 17.2 Å². The molecule has 0 spiro atoms. The number of carbonyl (C=O) groups excluding carboxylic acids is 2. The van der Waals surface area contributed by atoms with Gasteiger partial charge < -0.3 is 19.3 Å². The summed E-state index contributed by atoms with van der Waals surface area (Å²) >= 11 is 6.33. The molecule has 3 aromatic rings. The third kappa shape index (κ3) is 3.54. The fourth-order valence-electron chi connectivity index (χ4n) is 4.13. The fourth-order valence-corrected chi connectivity index (χ4v) is 4.31. The number of aryl methyl sites for hydroxylation is 1. The van der Waals surface area contributed by atoms with E-state index in [0.717, 1.165) is 5.56 Å². The third-order valence-electron chi connectivity index (χ3n) is 5.96. The van der Waals surface area contributed by atoms with Gasteiger partial charge in [0.2, 0.25) is 6.79 Å². The zero-order chi connectivity index (χ0) is 24.0. The number of ketones is 1. The lowest BCUT2D eigenvalue weighted by molar-refractivity contribution is -0.132. The van der Waals surface area contributed by atoms with Crippen molar-refractivity contribution < 1.29 is 28.9 Å². The Morgan fingerprint density at radius 2 is 1.76 bits per heavy atom. The number of Topliss-reactive ketones (excluding diaryl/α,β-unsaturated/α-hetero) is 1. The normalized spacial score (nSPS) is 18.4. The maximum absolute atomic E-state index is 13.3. The zero-order valence-electron chi connectivity index (χ0n) is 18.4. The predicted octanol–water partition coefficient (Wildman–Crippen LogP) is 5.01. The van der Waals surface area contributed by atoms with Crippen LogP contribution in [0.5, 0.6) is 17.2 Å². The van der Waals surface area contributed by atoms with E-state index in [-0.39, 0.29) is 18.1 Å². The minimum atomic E-state index is -0.880. The highest BCUT2D eigenvalue weighted by atomic mass is 35.5. The number of ether oxygens (including phenoxy) is 3. The number of carbonyl (C=O) groups is 2. The molecule has 0 saturated carbocycles. The van der Waals surface area contributed by atoms with Gasteiger partial charge in [-0.15, -0.1) is 0 Å². The molecule has 0 bridgehead atoms. The number of halogens is 1. The van der Waals surface area contributed by atoms with Crippen molar-refractivity contribution in [1.82, 2.24) is 0 Å². The molecule has 5 rings (SSSR count). The second kappa shape index (κ2) is 8.43. The molecular formula is C26H20ClNO6. The molecule has 0 aliphatic carbocycles. The maximum atomic E-state index is 13.3. The van der Waals surface area contributed by atoms with Gasteiger partial charge in [-0.05, 0) is 60.5 Å². The quantitative estimate of drug-likeness (QED) is 0.323. The second-order valence-corrected chi connectivity index (χ2v) is 8.35. The Kier molecular flexibility index (Phi) is 5.42. The summed E-state index contributed by atoms with van der Waals surface area (Å²) < 4.78 is 16.0. The van der Waals surface area contributed by atoms with Gasteiger partial charge in [-0.2, -0.15) is 0 Å². The molecule has 8 heteroatoms. The Balaban J connectivity index is 1.70. The van der Waals surface area contributed by atoms with Crippen LogP contribution >= 0.6 is 11.6 Å². The van der Waals surface area contributed by atoms with Gasteiger partial charge in [-0.25, -0.2) is 0 Å². The standard InChI is InChI=1S/C26H20ClNO6/c1-14-3-7-17(12-19(14)27)28-23(15-4-8-18(32-2)9-5-15)22(25(30)26(28)31)24(29)16-6-10-20-21(11-16)34-13-33-20/h3-12,23,29H,13H2,1-2H3/b24-22-. The molecule has 1 fully saturated rings. The summed E-state index contributed by atoms with van der Waals surface area (Å²) in [6.45, 7) is 1.92. The topological polar surface area (TPSA) is 85.3 Å². The number of amides is 1. The lowest BCUT2D eigenvalue weighted by Gasteiger charge is -2.26. The number of anilines is 1. The van der Waals surface area contributed by atoms with Gasteiger partial charge in [0.05, 0.1) is 18.7 Å². The average molecular weight is 478 g/mol. The van der Waals surface area contributed by atoms with Gasteiger partial charge in [-0.3, -0.25) is 14.5 Å². The molecule has 7 nitrogen and oxygen atoms in total. The van der Waals surface area contributed by atoms with Crippen molar-refractivity contribution in [2.24, 2.45) is 0 Å². The van der Waals surface area contributed by atoms with E-state index in [1.54, 1.807) is 67.8 Å². The molecule has 0 aromatic heterocycles. The van der Waals surface area contributed by atoms with Crippen LogP contribution in [0, 0.1) is 6.92 Å². The molecule has 0 radical (unpaired) electrons. The van der Waals surface area contributed by atoms with E-state index in [0.29, 0.717) is 39.1 Å². The molecule has 1 atom stereocenters. The van der Waals surface area contributed by atoms with Crippen LogP contribution in [-0.4, -0.2) is 30.7 Å². The van der Waals surface area contributed by atoms with E-state index in [1.807, 2.05) is 6.92 Å². The summed E-state index contributed by atoms with van der Waals surface area (Å²) in [6.07, 6.45) is 0. The molecular weight excluding hydrogens is 458 g/mol. The van der Waals surface area contributed by atoms with E-state index in [9.17, 15) is 14.7 Å². The predicted molar refractivity (Wildman–Crippen MR) is 127 cm³/mol. The number of aliphatic hydroxyl groups excluding tert-OH is 1. The number of hydrogen-bond acceptors (Lipinski definition) is 6. The molecule has 172 valence electrons. The first-order chi connectivity index (χ1) is 16.4. The summed E-state index contributed by atoms with van der Waals surface area (Å²) in [4.78, 5) is 27.9. The van der Waals surface area contributed by atoms with Gasteiger partial charge >= 0.3 is 0 Å². The van der Waals surface area contributed by atoms with Gasteiger partial charge in [-0.1, -0.05) is 29.8 Å². The van der Waals surface area contributed by atoms with Crippen LogP contribution in [0.15, 0.2) is 66.2 Å². The van der Waals surface area contributed by atoms with E-state index < -0.39 is 17.7 Å². The Morgan fingerprint density at radius 3 is 2.47 bits per heavy atom. The Labute approximate surface area is 200 Å². The molecule has 2 aliphatic rings. The van der Waals surface area contributed by atoms with Crippen LogP contribution in [0.3, 0.4) is 0 Å². The number of fused-ring (bicyclic) bond motifs is 1. The smallest absolute Gasteiger partial charge is 0.300 e. The number of hydrogen-bond donors (Lipinski definition) is 1. The molecule has 1 unspecified atom stereocenters. The Bertz CT molecular complexity index is 1350. The number of nitrogens with zero attached hydrogens (tertiary/aromatic N) is 1. The molecule has 2 heterocycles. The molecule has 1 amide bonds. The number of benzene rings is 3. The van der Waals surface area contributed by atoms with Crippen LogP contribution in [-0.2, 0) is 9.59 Å². The summed E-state index contributed by atoms with van der Waals surface area (Å²) in [5.41, 5.74) is 2.21. The highest BCUT2D eigenvalue weighted by Crippen LogP contribution is 2.44. The van der Waals surface area contributed by atoms with E-state index in [4.69, 9.17) is 25.8 Å². The average Bonchev–Trinajstić information content (AvgIpc) is 3.42. The first-order valence-corrected chi connectivity index (χ1v) is 10.9. The van der Waals surface area contributed by atoms with Gasteiger partial charge in [0.15, 0.2) is 11.5 Å². The minimum absolute atomic E-state index is 0.0364. The van der Waals surface area contributed by atoms with Crippen LogP contribution in [0.1, 0.15) is 22.7 Å². The highest BCUT2D eigenvalue weighted by Gasteiger charge is 2.47. The van der Waals surface area contributed by atoms with Crippen LogP contribution in [0.25, 0.3) is 5.76 Å². The van der Waals surface area contributed by atoms with Gasteiger partial charge in [0.25, 0.3) is 11.7 Å². The number of methoxy groups -OCH3 is 1. The maximum Gasteiger partial charge on any atom is 0.300 e. The van der Waals surface area contributed by atoms with Crippen molar-refractivity contribution in [3.05, 3.63) is 87.9 Å². The van der Waals surface area contributed by atoms with Crippen molar-refractivity contribution in [2.75, 3.05) is 18.8 Å². The van der Waals surface area contributed by atoms with Crippen molar-refractivity contribution in [3.63, 3.8) is 0 Å². The first-order valence-electron chi connectivity index (χ1n) is 10.5. The largest absolute Gasteiger partial charge is 0.507 e. The third-order valence-corrected chi connectivity index (χ3v) is 6.36. The fraction of sp³-hybridized carbons (Fsp3) is 0.154. The second-order valence-electron chi connectivity index (χ2n) is 7.94. The summed E-state index contributed by atoms with van der Waals surface area (Å²) in [7, 11) is 1.55. The minimum Gasteiger partial charge on any atom is -0.507 e. The van der Waals surface area contributed by atoms with Gasteiger partial charge in [0, 0.05) is 16.3 Å². The lowest BCUT2D eigenvalue weighted by atomic mass is 9.95. The Hall–Kier alpha value is -3.97. The molecule has 2 aliphatic heterocycles. The van der Waals surface area contributed by atoms with E-state index >= 15 is 0 Å². The molecule has 3 aromatic carbocycles. The highest BCUT2D eigenvalue weighted by molar-refractivity contribution is 6.51.